The van der Waals surface area contributed by atoms with Gasteiger partial charge in [-0.15, -0.1) is 0 Å². The van der Waals surface area contributed by atoms with Crippen molar-refractivity contribution in [3.63, 3.8) is 0 Å². The molecule has 0 aliphatic carbocycles. The zero-order valence-corrected chi connectivity index (χ0v) is 10.0. The van der Waals surface area contributed by atoms with Gasteiger partial charge in [0.05, 0.1) is 7.11 Å². The van der Waals surface area contributed by atoms with Crippen LogP contribution in [0.4, 0.5) is 0 Å². The van der Waals surface area contributed by atoms with Crippen LogP contribution in [-0.2, 0) is 9.53 Å². The molecule has 4 heteroatoms. The van der Waals surface area contributed by atoms with Crippen molar-refractivity contribution < 1.29 is 14.3 Å². The summed E-state index contributed by atoms with van der Waals surface area (Å²) < 4.78 is 4.52. The number of carbonyl (C=O) groups is 2. The van der Waals surface area contributed by atoms with Crippen LogP contribution in [0.2, 0.25) is 0 Å². The van der Waals surface area contributed by atoms with Gasteiger partial charge in [-0.05, 0) is 6.07 Å². The van der Waals surface area contributed by atoms with E-state index in [1.807, 2.05) is 24.3 Å². The molecule has 18 heavy (non-hydrogen) atoms. The molecule has 2 aromatic rings. The molecule has 0 saturated heterocycles. The van der Waals surface area contributed by atoms with Gasteiger partial charge in [0.2, 0.25) is 0 Å². The highest BCUT2D eigenvalue weighted by molar-refractivity contribution is 6.10. The van der Waals surface area contributed by atoms with E-state index < -0.39 is 5.97 Å². The number of H-pyrrole nitrogens is 1. The summed E-state index contributed by atoms with van der Waals surface area (Å²) in [6.07, 6.45) is 1.62. The number of esters is 1. The van der Waals surface area contributed by atoms with Gasteiger partial charge in [0.1, 0.15) is 0 Å². The molecule has 0 fully saturated rings. The van der Waals surface area contributed by atoms with Crippen molar-refractivity contribution in [2.45, 2.75) is 6.42 Å². The number of hydrogen-bond donors (Lipinski definition) is 1. The van der Waals surface area contributed by atoms with Crippen LogP contribution in [0.25, 0.3) is 10.9 Å². The molecule has 1 aromatic carbocycles. The lowest BCUT2D eigenvalue weighted by Gasteiger charge is -2.02. The average molecular weight is 243 g/mol. The molecule has 2 rings (SSSR count). The van der Waals surface area contributed by atoms with Crippen LogP contribution in [0.5, 0.6) is 0 Å². The number of hydrogen-bond acceptors (Lipinski definition) is 3. The molecule has 0 radical (unpaired) electrons. The van der Waals surface area contributed by atoms with Gasteiger partial charge in [0, 0.05) is 34.7 Å². The van der Waals surface area contributed by atoms with Crippen molar-refractivity contribution in [2.24, 2.45) is 0 Å². The average Bonchev–Trinajstić information content (AvgIpc) is 2.81. The predicted octanol–water partition coefficient (Wildman–Crippen LogP) is 2.47. The molecule has 0 bridgehead atoms. The topological polar surface area (TPSA) is 59.2 Å². The van der Waals surface area contributed by atoms with Crippen molar-refractivity contribution in [1.82, 2.24) is 4.98 Å². The smallest absolute Gasteiger partial charge is 0.333 e. The van der Waals surface area contributed by atoms with E-state index in [0.29, 0.717) is 5.56 Å². The predicted molar refractivity (Wildman–Crippen MR) is 68.4 cm³/mol. The maximum Gasteiger partial charge on any atom is 0.333 e. The third kappa shape index (κ3) is 2.18. The van der Waals surface area contributed by atoms with Crippen LogP contribution < -0.4 is 0 Å². The summed E-state index contributed by atoms with van der Waals surface area (Å²) >= 11 is 0. The fraction of sp³-hybridized carbons (Fsp3) is 0.143. The summed E-state index contributed by atoms with van der Waals surface area (Å²) in [7, 11) is 1.27. The first-order chi connectivity index (χ1) is 8.63. The second kappa shape index (κ2) is 4.87. The molecule has 4 nitrogen and oxygen atoms in total. The second-order valence-corrected chi connectivity index (χ2v) is 3.94. The van der Waals surface area contributed by atoms with Gasteiger partial charge in [-0.2, -0.15) is 0 Å². The van der Waals surface area contributed by atoms with E-state index in [1.54, 1.807) is 6.20 Å². The Bertz CT molecular complexity index is 625. The summed E-state index contributed by atoms with van der Waals surface area (Å²) in [6, 6.07) is 7.50. The zero-order chi connectivity index (χ0) is 13.1. The quantitative estimate of drug-likeness (QED) is 0.510. The molecule has 1 N–H and O–H groups in total. The summed E-state index contributed by atoms with van der Waals surface area (Å²) in [4.78, 5) is 26.3. The number of aromatic amines is 1. The van der Waals surface area contributed by atoms with Crippen LogP contribution in [0.3, 0.4) is 0 Å². The number of ketones is 1. The maximum absolute atomic E-state index is 12.1. The summed E-state index contributed by atoms with van der Waals surface area (Å²) in [6.45, 7) is 3.55. The first-order valence-electron chi connectivity index (χ1n) is 5.49. The van der Waals surface area contributed by atoms with Crippen molar-refractivity contribution in [3.8, 4) is 0 Å². The Hall–Kier alpha value is -2.36. The van der Waals surface area contributed by atoms with E-state index in [9.17, 15) is 9.59 Å². The summed E-state index contributed by atoms with van der Waals surface area (Å²) in [5.41, 5.74) is 1.62. The lowest BCUT2D eigenvalue weighted by Crippen LogP contribution is -2.08. The fourth-order valence-electron chi connectivity index (χ4n) is 1.81. The molecule has 0 aliphatic rings. The largest absolute Gasteiger partial charge is 0.466 e. The number of methoxy groups -OCH3 is 1. The van der Waals surface area contributed by atoms with E-state index in [1.165, 1.54) is 7.11 Å². The highest BCUT2D eigenvalue weighted by atomic mass is 16.5. The number of rotatable bonds is 4. The van der Waals surface area contributed by atoms with Crippen molar-refractivity contribution in [1.29, 1.82) is 0 Å². The highest BCUT2D eigenvalue weighted by Gasteiger charge is 2.16. The minimum atomic E-state index is -0.553. The molecule has 0 spiro atoms. The number of Topliss-reactive ketones (excluding diaryl/α,β-unsaturated/α-hetero) is 1. The van der Waals surface area contributed by atoms with Gasteiger partial charge in [-0.1, -0.05) is 24.8 Å². The minimum absolute atomic E-state index is 0.0332. The van der Waals surface area contributed by atoms with Crippen molar-refractivity contribution >= 4 is 22.7 Å². The molecule has 1 heterocycles. The Kier molecular flexibility index (Phi) is 3.28. The molecule has 0 aliphatic heterocycles. The third-order valence-corrected chi connectivity index (χ3v) is 2.74. The van der Waals surface area contributed by atoms with E-state index in [-0.39, 0.29) is 17.8 Å². The lowest BCUT2D eigenvalue weighted by atomic mass is 10.0. The van der Waals surface area contributed by atoms with Crippen LogP contribution in [0.15, 0.2) is 42.6 Å². The van der Waals surface area contributed by atoms with Gasteiger partial charge in [-0.3, -0.25) is 4.79 Å². The summed E-state index contributed by atoms with van der Waals surface area (Å²) in [5.74, 6) is -0.703. The van der Waals surface area contributed by atoms with Gasteiger partial charge in [0.25, 0.3) is 0 Å². The normalized spacial score (nSPS) is 10.3. The van der Waals surface area contributed by atoms with Crippen LogP contribution in [-0.4, -0.2) is 23.8 Å². The number of carbonyl (C=O) groups excluding carboxylic acids is 2. The standard InChI is InChI=1S/C14H13NO3/c1-9(14(17)18-2)7-13(16)11-8-15-12-6-4-3-5-10(11)12/h3-6,8,15H,1,7H2,2H3. The van der Waals surface area contributed by atoms with E-state index in [0.717, 1.165) is 10.9 Å². The van der Waals surface area contributed by atoms with Crippen LogP contribution >= 0.6 is 0 Å². The Labute approximate surface area is 104 Å². The number of benzene rings is 1. The molecular formula is C14H13NO3. The van der Waals surface area contributed by atoms with Gasteiger partial charge in [0.15, 0.2) is 5.78 Å². The fourth-order valence-corrected chi connectivity index (χ4v) is 1.81. The molecule has 1 aromatic heterocycles. The number of aromatic nitrogens is 1. The SMILES string of the molecule is C=C(CC(=O)c1c[nH]c2ccccc12)C(=O)OC. The second-order valence-electron chi connectivity index (χ2n) is 3.94. The molecule has 0 amide bonds. The Morgan fingerprint density at radius 1 is 1.33 bits per heavy atom. The Morgan fingerprint density at radius 2 is 2.06 bits per heavy atom. The highest BCUT2D eigenvalue weighted by Crippen LogP contribution is 2.20. The number of para-hydroxylation sites is 1. The van der Waals surface area contributed by atoms with Crippen molar-refractivity contribution in [2.75, 3.05) is 7.11 Å². The summed E-state index contributed by atoms with van der Waals surface area (Å²) in [5, 5.41) is 0.847. The zero-order valence-electron chi connectivity index (χ0n) is 10.0. The van der Waals surface area contributed by atoms with Gasteiger partial charge < -0.3 is 9.72 Å². The maximum atomic E-state index is 12.1. The molecule has 0 saturated carbocycles. The number of nitrogens with one attached hydrogen (secondary N) is 1. The molecule has 0 atom stereocenters. The first-order valence-corrected chi connectivity index (χ1v) is 5.49. The van der Waals surface area contributed by atoms with E-state index in [4.69, 9.17) is 0 Å². The molecular weight excluding hydrogens is 230 g/mol. The van der Waals surface area contributed by atoms with E-state index in [2.05, 4.69) is 16.3 Å². The van der Waals surface area contributed by atoms with Crippen LogP contribution in [0.1, 0.15) is 16.8 Å². The van der Waals surface area contributed by atoms with Crippen LogP contribution in [0, 0.1) is 0 Å². The number of fused-ring (bicyclic) bond motifs is 1. The molecule has 0 unspecified atom stereocenters. The number of ether oxygens (including phenoxy) is 1. The van der Waals surface area contributed by atoms with Gasteiger partial charge >= 0.3 is 5.97 Å². The Morgan fingerprint density at radius 3 is 2.78 bits per heavy atom. The Balaban J connectivity index is 2.24. The third-order valence-electron chi connectivity index (χ3n) is 2.74. The lowest BCUT2D eigenvalue weighted by molar-refractivity contribution is -0.136. The van der Waals surface area contributed by atoms with Crippen molar-refractivity contribution in [3.05, 3.63) is 48.2 Å². The first kappa shape index (κ1) is 12.1. The minimum Gasteiger partial charge on any atom is -0.466 e. The van der Waals surface area contributed by atoms with Gasteiger partial charge in [-0.25, -0.2) is 4.79 Å². The molecule has 92 valence electrons. The van der Waals surface area contributed by atoms with E-state index >= 15 is 0 Å². The monoisotopic (exact) mass is 243 g/mol.